The molecule has 5 heterocycles. The van der Waals surface area contributed by atoms with Crippen LogP contribution in [0.3, 0.4) is 0 Å². The summed E-state index contributed by atoms with van der Waals surface area (Å²) in [6, 6.07) is 7.73. The number of pyridine rings is 3. The normalized spacial score (nSPS) is 12.8. The first-order valence-electron chi connectivity index (χ1n) is 12.6. The summed E-state index contributed by atoms with van der Waals surface area (Å²) in [7, 11) is 0. The first kappa shape index (κ1) is 24.1. The Balaban J connectivity index is 1.42. The van der Waals surface area contributed by atoms with Crippen LogP contribution in [-0.2, 0) is 11.2 Å². The zero-order valence-electron chi connectivity index (χ0n) is 21.2. The topological polar surface area (TPSA) is 148 Å². The van der Waals surface area contributed by atoms with E-state index in [0.717, 1.165) is 51.2 Å². The number of nitrogens with zero attached hydrogens (tertiary/aromatic N) is 6. The summed E-state index contributed by atoms with van der Waals surface area (Å²) in [5, 5.41) is 3.63. The molecule has 0 unspecified atom stereocenters. The molecule has 192 valence electrons. The van der Waals surface area contributed by atoms with Crippen LogP contribution in [0.4, 0.5) is 5.69 Å². The van der Waals surface area contributed by atoms with E-state index < -0.39 is 0 Å². The summed E-state index contributed by atoms with van der Waals surface area (Å²) in [4.78, 5) is 42.6. The van der Waals surface area contributed by atoms with Gasteiger partial charge < -0.3 is 16.0 Å². The fourth-order valence-electron chi connectivity index (χ4n) is 4.57. The molecule has 0 spiro atoms. The van der Waals surface area contributed by atoms with E-state index in [9.17, 15) is 4.79 Å². The van der Waals surface area contributed by atoms with Crippen LogP contribution in [0.25, 0.3) is 39.3 Å². The summed E-state index contributed by atoms with van der Waals surface area (Å²) < 4.78 is 0. The van der Waals surface area contributed by atoms with E-state index in [1.807, 2.05) is 49.5 Å². The van der Waals surface area contributed by atoms with E-state index >= 15 is 0 Å². The Morgan fingerprint density at radius 3 is 2.72 bits per heavy atom. The predicted molar refractivity (Wildman–Crippen MR) is 149 cm³/mol. The summed E-state index contributed by atoms with van der Waals surface area (Å²) in [5.41, 5.74) is 13.9. The van der Waals surface area contributed by atoms with Gasteiger partial charge in [-0.2, -0.15) is 0 Å². The second kappa shape index (κ2) is 10.3. The van der Waals surface area contributed by atoms with Crippen molar-refractivity contribution in [2.45, 2.75) is 26.2 Å². The number of rotatable bonds is 6. The minimum absolute atomic E-state index is 0.0449. The summed E-state index contributed by atoms with van der Waals surface area (Å²) in [5.74, 6) is 0.547. The number of nitrogens with two attached hydrogens (primary N) is 1. The van der Waals surface area contributed by atoms with Gasteiger partial charge in [0, 0.05) is 76.7 Å². The maximum atomic E-state index is 12.1. The van der Waals surface area contributed by atoms with Crippen molar-refractivity contribution >= 4 is 28.2 Å². The Bertz CT molecular complexity index is 1760. The molecule has 1 amide bonds. The number of anilines is 1. The zero-order chi connectivity index (χ0) is 26.8. The molecule has 0 atom stereocenters. The SMILES string of the molecule is CCCC(=O)Nc1cncc(-c2cnc3ncnc(-c4nc5c([nH]4)CC(N)=CC=C5c4cccnc4)c3c2)c1. The van der Waals surface area contributed by atoms with Gasteiger partial charge in [-0.25, -0.2) is 19.9 Å². The lowest BCUT2D eigenvalue weighted by atomic mass is 10.0. The molecule has 6 rings (SSSR count). The largest absolute Gasteiger partial charge is 0.402 e. The number of imidazole rings is 1. The van der Waals surface area contributed by atoms with Crippen molar-refractivity contribution in [2.75, 3.05) is 5.32 Å². The lowest BCUT2D eigenvalue weighted by Crippen LogP contribution is -2.10. The number of allylic oxidation sites excluding steroid dienone is 3. The first-order valence-corrected chi connectivity index (χ1v) is 12.6. The highest BCUT2D eigenvalue weighted by atomic mass is 16.1. The number of carbonyl (C=O) groups is 1. The Kier molecular flexibility index (Phi) is 6.34. The van der Waals surface area contributed by atoms with Crippen LogP contribution < -0.4 is 11.1 Å². The van der Waals surface area contributed by atoms with Crippen LogP contribution in [0, 0.1) is 0 Å². The number of nitrogens with one attached hydrogen (secondary N) is 2. The second-order valence-electron chi connectivity index (χ2n) is 9.23. The van der Waals surface area contributed by atoms with Crippen molar-refractivity contribution in [3.8, 4) is 22.6 Å². The third-order valence-electron chi connectivity index (χ3n) is 6.40. The molecule has 5 aromatic rings. The van der Waals surface area contributed by atoms with Crippen LogP contribution in [-0.4, -0.2) is 40.8 Å². The molecule has 0 fully saturated rings. The van der Waals surface area contributed by atoms with Crippen molar-refractivity contribution in [1.82, 2.24) is 34.9 Å². The smallest absolute Gasteiger partial charge is 0.224 e. The number of fused-ring (bicyclic) bond motifs is 2. The van der Waals surface area contributed by atoms with Crippen molar-refractivity contribution in [2.24, 2.45) is 5.73 Å². The maximum Gasteiger partial charge on any atom is 0.224 e. The van der Waals surface area contributed by atoms with Crippen molar-refractivity contribution in [1.29, 1.82) is 0 Å². The third-order valence-corrected chi connectivity index (χ3v) is 6.40. The molecule has 1 aliphatic carbocycles. The second-order valence-corrected chi connectivity index (χ2v) is 9.23. The molecule has 0 aliphatic heterocycles. The molecule has 4 N–H and O–H groups in total. The van der Waals surface area contributed by atoms with Crippen LogP contribution >= 0.6 is 0 Å². The van der Waals surface area contributed by atoms with Crippen LogP contribution in [0.2, 0.25) is 0 Å². The highest BCUT2D eigenvalue weighted by molar-refractivity contribution is 5.93. The lowest BCUT2D eigenvalue weighted by Gasteiger charge is -2.08. The Morgan fingerprint density at radius 2 is 1.87 bits per heavy atom. The molecular weight excluding hydrogens is 490 g/mol. The molecule has 1 aliphatic rings. The fraction of sp³-hybridized carbons (Fsp3) is 0.138. The first-order chi connectivity index (χ1) is 19.1. The average Bonchev–Trinajstić information content (AvgIpc) is 3.29. The molecule has 10 nitrogen and oxygen atoms in total. The van der Waals surface area contributed by atoms with Crippen LogP contribution in [0.1, 0.15) is 36.7 Å². The molecule has 5 aromatic heterocycles. The Labute approximate surface area is 224 Å². The summed E-state index contributed by atoms with van der Waals surface area (Å²) >= 11 is 0. The number of H-pyrrole nitrogens is 1. The van der Waals surface area contributed by atoms with Gasteiger partial charge >= 0.3 is 0 Å². The van der Waals surface area contributed by atoms with E-state index in [0.29, 0.717) is 35.7 Å². The summed E-state index contributed by atoms with van der Waals surface area (Å²) in [6.07, 6.45) is 15.8. The number of aromatic nitrogens is 7. The average molecular weight is 516 g/mol. The Hall–Kier alpha value is -5.25. The van der Waals surface area contributed by atoms with E-state index in [-0.39, 0.29) is 5.91 Å². The van der Waals surface area contributed by atoms with Crippen molar-refractivity contribution in [3.63, 3.8) is 0 Å². The van der Waals surface area contributed by atoms with Gasteiger partial charge in [0.1, 0.15) is 12.0 Å². The molecule has 39 heavy (non-hydrogen) atoms. The standard InChI is InChI=1S/C29H25N9O/c1-2-4-25(39)36-21-9-18(13-32-15-21)19-10-23-27(34-16-35-28(23)33-14-19)29-37-24-11-20(30)6-7-22(26(24)38-29)17-5-3-8-31-12-17/h3,5-10,12-16H,2,4,11,30H2,1H3,(H,36,39)(H,37,38). The highest BCUT2D eigenvalue weighted by Gasteiger charge is 2.21. The van der Waals surface area contributed by atoms with Crippen molar-refractivity contribution < 1.29 is 4.79 Å². The van der Waals surface area contributed by atoms with Gasteiger partial charge in [0.15, 0.2) is 11.5 Å². The molecular formula is C29H25N9O. The van der Waals surface area contributed by atoms with Gasteiger partial charge in [0.05, 0.1) is 17.6 Å². The van der Waals surface area contributed by atoms with Gasteiger partial charge in [0.2, 0.25) is 5.91 Å². The van der Waals surface area contributed by atoms with Gasteiger partial charge in [-0.3, -0.25) is 14.8 Å². The van der Waals surface area contributed by atoms with Crippen molar-refractivity contribution in [3.05, 3.63) is 96.4 Å². The fourth-order valence-corrected chi connectivity index (χ4v) is 4.57. The number of carbonyl (C=O) groups excluding carboxylic acids is 1. The minimum Gasteiger partial charge on any atom is -0.402 e. The monoisotopic (exact) mass is 515 g/mol. The zero-order valence-corrected chi connectivity index (χ0v) is 21.2. The number of amides is 1. The highest BCUT2D eigenvalue weighted by Crippen LogP contribution is 2.33. The van der Waals surface area contributed by atoms with E-state index in [2.05, 4.69) is 35.2 Å². The molecule has 0 radical (unpaired) electrons. The number of aromatic amines is 1. The number of hydrogen-bond acceptors (Lipinski definition) is 8. The molecule has 0 saturated carbocycles. The molecule has 10 heteroatoms. The lowest BCUT2D eigenvalue weighted by molar-refractivity contribution is -0.116. The van der Waals surface area contributed by atoms with Gasteiger partial charge in [0.25, 0.3) is 0 Å². The molecule has 0 aromatic carbocycles. The van der Waals surface area contributed by atoms with Crippen LogP contribution in [0.5, 0.6) is 0 Å². The number of hydrogen-bond donors (Lipinski definition) is 3. The van der Waals surface area contributed by atoms with E-state index in [1.54, 1.807) is 24.8 Å². The summed E-state index contributed by atoms with van der Waals surface area (Å²) in [6.45, 7) is 1.97. The molecule has 0 bridgehead atoms. The quantitative estimate of drug-likeness (QED) is 0.301. The van der Waals surface area contributed by atoms with E-state index in [4.69, 9.17) is 10.7 Å². The molecule has 0 saturated heterocycles. The maximum absolute atomic E-state index is 12.1. The third kappa shape index (κ3) is 4.87. The van der Waals surface area contributed by atoms with Gasteiger partial charge in [-0.1, -0.05) is 19.1 Å². The predicted octanol–water partition coefficient (Wildman–Crippen LogP) is 4.44. The van der Waals surface area contributed by atoms with E-state index in [1.165, 1.54) is 6.33 Å². The van der Waals surface area contributed by atoms with Gasteiger partial charge in [-0.05, 0) is 30.7 Å². The minimum atomic E-state index is -0.0449. The van der Waals surface area contributed by atoms with Crippen LogP contribution in [0.15, 0.2) is 79.4 Å². The van der Waals surface area contributed by atoms with Gasteiger partial charge in [-0.15, -0.1) is 0 Å². The Morgan fingerprint density at radius 1 is 1.00 bits per heavy atom.